The van der Waals surface area contributed by atoms with Crippen molar-refractivity contribution in [2.45, 2.75) is 17.0 Å². The molecule has 13 heteroatoms. The molecule has 9 nitrogen and oxygen atoms in total. The molecular weight excluding hydrogens is 425 g/mol. The minimum atomic E-state index is -4.69. The Morgan fingerprint density at radius 2 is 1.93 bits per heavy atom. The number of anilines is 2. The van der Waals surface area contributed by atoms with Crippen molar-refractivity contribution in [2.75, 3.05) is 16.2 Å². The maximum absolute atomic E-state index is 13.1. The lowest BCUT2D eigenvalue weighted by Crippen LogP contribution is -2.33. The zero-order chi connectivity index (χ0) is 21.5. The van der Waals surface area contributed by atoms with Crippen LogP contribution in [0.5, 0.6) is 0 Å². The molecule has 0 saturated heterocycles. The van der Waals surface area contributed by atoms with E-state index in [1.54, 1.807) is 18.2 Å². The SMILES string of the molecule is O=C(Nc1nnn[nH]1)C1CN(S(=O)(=O)c2cccc(C(F)(F)F)c2)c2ccccc21. The Bertz CT molecular complexity index is 1200. The van der Waals surface area contributed by atoms with Gasteiger partial charge in [-0.15, -0.1) is 0 Å². The van der Waals surface area contributed by atoms with Crippen molar-refractivity contribution < 1.29 is 26.4 Å². The Morgan fingerprint density at radius 3 is 2.63 bits per heavy atom. The molecule has 2 N–H and O–H groups in total. The molecule has 0 aliphatic carbocycles. The van der Waals surface area contributed by atoms with Crippen LogP contribution in [0.2, 0.25) is 0 Å². The predicted octanol–water partition coefficient (Wildman–Crippen LogP) is 2.15. The van der Waals surface area contributed by atoms with E-state index in [0.29, 0.717) is 11.6 Å². The van der Waals surface area contributed by atoms with Gasteiger partial charge in [-0.2, -0.15) is 13.2 Å². The van der Waals surface area contributed by atoms with Gasteiger partial charge in [-0.3, -0.25) is 14.4 Å². The Kier molecular flexibility index (Phi) is 4.68. The van der Waals surface area contributed by atoms with E-state index in [0.717, 1.165) is 22.5 Å². The number of nitrogens with one attached hydrogen (secondary N) is 2. The van der Waals surface area contributed by atoms with Gasteiger partial charge >= 0.3 is 6.18 Å². The fourth-order valence-corrected chi connectivity index (χ4v) is 4.75. The third kappa shape index (κ3) is 3.47. The number of carbonyl (C=O) groups is 1. The molecule has 1 aliphatic rings. The van der Waals surface area contributed by atoms with Crippen molar-refractivity contribution in [2.24, 2.45) is 0 Å². The van der Waals surface area contributed by atoms with E-state index in [2.05, 4.69) is 25.9 Å². The van der Waals surface area contributed by atoms with E-state index < -0.39 is 38.5 Å². The number of tetrazole rings is 1. The molecular formula is C17H13F3N6O3S. The average molecular weight is 438 g/mol. The van der Waals surface area contributed by atoms with Gasteiger partial charge in [0.1, 0.15) is 0 Å². The number of benzene rings is 2. The fourth-order valence-electron chi connectivity index (χ4n) is 3.20. The Hall–Kier alpha value is -3.48. The molecule has 0 saturated carbocycles. The standard InChI is InChI=1S/C17H13F3N6O3S/c18-17(19,20)10-4-3-5-11(8-10)30(28,29)26-9-13(12-6-1-2-7-14(12)26)15(27)21-16-22-24-25-23-16/h1-8,13H,9H2,(H2,21,22,23,24,25,27). The number of alkyl halides is 3. The Morgan fingerprint density at radius 1 is 1.17 bits per heavy atom. The number of hydrogen-bond donors (Lipinski definition) is 2. The Balaban J connectivity index is 1.70. The summed E-state index contributed by atoms with van der Waals surface area (Å²) in [7, 11) is -4.36. The van der Waals surface area contributed by atoms with Crippen LogP contribution >= 0.6 is 0 Å². The first kappa shape index (κ1) is 19.8. The van der Waals surface area contributed by atoms with Crippen LogP contribution in [-0.2, 0) is 21.0 Å². The highest BCUT2D eigenvalue weighted by Gasteiger charge is 2.40. The molecule has 30 heavy (non-hydrogen) atoms. The summed E-state index contributed by atoms with van der Waals surface area (Å²) in [6, 6.07) is 9.76. The van der Waals surface area contributed by atoms with Crippen molar-refractivity contribution >= 4 is 27.6 Å². The predicted molar refractivity (Wildman–Crippen MR) is 98.0 cm³/mol. The number of fused-ring (bicyclic) bond motifs is 1. The highest BCUT2D eigenvalue weighted by Crippen LogP contribution is 2.40. The van der Waals surface area contributed by atoms with Gasteiger partial charge in [-0.25, -0.2) is 13.5 Å². The van der Waals surface area contributed by atoms with E-state index in [9.17, 15) is 26.4 Å². The maximum atomic E-state index is 13.1. The summed E-state index contributed by atoms with van der Waals surface area (Å²) in [6.07, 6.45) is -4.69. The van der Waals surface area contributed by atoms with Crippen molar-refractivity contribution in [3.05, 3.63) is 59.7 Å². The first-order valence-electron chi connectivity index (χ1n) is 8.51. The number of hydrogen-bond acceptors (Lipinski definition) is 6. The third-order valence-electron chi connectivity index (χ3n) is 4.58. The van der Waals surface area contributed by atoms with Gasteiger partial charge in [0, 0.05) is 0 Å². The summed E-state index contributed by atoms with van der Waals surface area (Å²) in [5.41, 5.74) is -0.452. The topological polar surface area (TPSA) is 121 Å². The van der Waals surface area contributed by atoms with Gasteiger partial charge in [0.05, 0.1) is 28.6 Å². The summed E-state index contributed by atoms with van der Waals surface area (Å²) in [4.78, 5) is 12.2. The van der Waals surface area contributed by atoms with E-state index >= 15 is 0 Å². The summed E-state index contributed by atoms with van der Waals surface area (Å²) in [5.74, 6) is -1.49. The molecule has 0 bridgehead atoms. The highest BCUT2D eigenvalue weighted by molar-refractivity contribution is 7.92. The molecule has 1 aliphatic heterocycles. The molecule has 0 radical (unpaired) electrons. The number of aromatic nitrogens is 4. The fraction of sp³-hybridized carbons (Fsp3) is 0.176. The minimum absolute atomic E-state index is 0.0170. The molecule has 0 spiro atoms. The lowest BCUT2D eigenvalue weighted by Gasteiger charge is -2.20. The van der Waals surface area contributed by atoms with E-state index in [4.69, 9.17) is 0 Å². The monoisotopic (exact) mass is 438 g/mol. The number of sulfonamides is 1. The third-order valence-corrected chi connectivity index (χ3v) is 6.36. The van der Waals surface area contributed by atoms with E-state index in [-0.39, 0.29) is 18.2 Å². The molecule has 156 valence electrons. The van der Waals surface area contributed by atoms with Crippen LogP contribution in [-0.4, -0.2) is 41.5 Å². The molecule has 1 atom stereocenters. The zero-order valence-corrected chi connectivity index (χ0v) is 15.8. The largest absolute Gasteiger partial charge is 0.416 e. The normalized spacial score (nSPS) is 16.4. The second-order valence-corrected chi connectivity index (χ2v) is 8.27. The highest BCUT2D eigenvalue weighted by atomic mass is 32.2. The van der Waals surface area contributed by atoms with Gasteiger partial charge < -0.3 is 0 Å². The smallest absolute Gasteiger partial charge is 0.293 e. The zero-order valence-electron chi connectivity index (χ0n) is 15.0. The van der Waals surface area contributed by atoms with Crippen molar-refractivity contribution in [3.8, 4) is 0 Å². The molecule has 2 aromatic carbocycles. The van der Waals surface area contributed by atoms with Crippen LogP contribution in [0.3, 0.4) is 0 Å². The van der Waals surface area contributed by atoms with Crippen molar-refractivity contribution in [1.29, 1.82) is 0 Å². The minimum Gasteiger partial charge on any atom is -0.293 e. The lowest BCUT2D eigenvalue weighted by molar-refractivity contribution is -0.137. The number of H-pyrrole nitrogens is 1. The van der Waals surface area contributed by atoms with E-state index in [1.807, 2.05) is 0 Å². The number of amides is 1. The van der Waals surface area contributed by atoms with Crippen LogP contribution in [0.15, 0.2) is 53.4 Å². The van der Waals surface area contributed by atoms with Gasteiger partial charge in [0.2, 0.25) is 11.9 Å². The van der Waals surface area contributed by atoms with Gasteiger partial charge in [0.25, 0.3) is 10.0 Å². The molecule has 0 fully saturated rings. The molecule has 2 heterocycles. The van der Waals surface area contributed by atoms with Gasteiger partial charge in [-0.05, 0) is 40.3 Å². The number of rotatable bonds is 4. The number of halogens is 3. The average Bonchev–Trinajstić information content (AvgIpc) is 3.35. The molecule has 1 unspecified atom stereocenters. The number of aromatic amines is 1. The second-order valence-electron chi connectivity index (χ2n) is 6.41. The van der Waals surface area contributed by atoms with Crippen LogP contribution in [0, 0.1) is 0 Å². The molecule has 1 amide bonds. The summed E-state index contributed by atoms with van der Waals surface area (Å²) in [5, 5.41) is 15.0. The second kappa shape index (κ2) is 7.09. The van der Waals surface area contributed by atoms with Crippen molar-refractivity contribution in [1.82, 2.24) is 20.6 Å². The lowest BCUT2D eigenvalue weighted by atomic mass is 10.0. The van der Waals surface area contributed by atoms with Crippen LogP contribution < -0.4 is 9.62 Å². The number of carbonyl (C=O) groups excluding carboxylic acids is 1. The summed E-state index contributed by atoms with van der Waals surface area (Å²) >= 11 is 0. The first-order chi connectivity index (χ1) is 14.2. The Labute approximate surface area is 168 Å². The van der Waals surface area contributed by atoms with Crippen LogP contribution in [0.25, 0.3) is 0 Å². The van der Waals surface area contributed by atoms with Gasteiger partial charge in [-0.1, -0.05) is 29.4 Å². The van der Waals surface area contributed by atoms with Crippen LogP contribution in [0.4, 0.5) is 24.8 Å². The quantitative estimate of drug-likeness (QED) is 0.644. The number of para-hydroxylation sites is 1. The van der Waals surface area contributed by atoms with Gasteiger partial charge in [0.15, 0.2) is 0 Å². The maximum Gasteiger partial charge on any atom is 0.416 e. The van der Waals surface area contributed by atoms with Crippen molar-refractivity contribution in [3.63, 3.8) is 0 Å². The van der Waals surface area contributed by atoms with E-state index in [1.165, 1.54) is 6.07 Å². The van der Waals surface area contributed by atoms with Crippen LogP contribution in [0.1, 0.15) is 17.0 Å². The molecule has 4 rings (SSSR count). The number of nitrogens with zero attached hydrogens (tertiary/aromatic N) is 4. The first-order valence-corrected chi connectivity index (χ1v) is 9.95. The summed E-state index contributed by atoms with van der Waals surface area (Å²) in [6.45, 7) is -0.286. The molecule has 3 aromatic rings. The molecule has 1 aromatic heterocycles. The summed E-state index contributed by atoms with van der Waals surface area (Å²) < 4.78 is 66.4.